The van der Waals surface area contributed by atoms with Crippen LogP contribution in [-0.4, -0.2) is 52.8 Å². The zero-order chi connectivity index (χ0) is 16.2. The van der Waals surface area contributed by atoms with Gasteiger partial charge in [0.2, 0.25) is 10.0 Å². The number of nitrogens with zero attached hydrogens (tertiary/aromatic N) is 1. The Kier molecular flexibility index (Phi) is 5.49. The van der Waals surface area contributed by atoms with Gasteiger partial charge in [0.25, 0.3) is 0 Å². The fraction of sp³-hybridized carbons (Fsp3) is 0.462. The van der Waals surface area contributed by atoms with E-state index in [2.05, 4.69) is 4.72 Å². The topological polar surface area (TPSA) is 84.9 Å². The molecule has 1 aliphatic heterocycles. The maximum Gasteiger partial charge on any atom is 0.409 e. The van der Waals surface area contributed by atoms with Crippen LogP contribution < -0.4 is 9.46 Å². The fourth-order valence-corrected chi connectivity index (χ4v) is 3.43. The van der Waals surface area contributed by atoms with E-state index in [1.165, 1.54) is 25.3 Å². The lowest BCUT2D eigenvalue weighted by Crippen LogP contribution is -2.30. The first-order valence-electron chi connectivity index (χ1n) is 6.69. The van der Waals surface area contributed by atoms with Gasteiger partial charge >= 0.3 is 6.09 Å². The van der Waals surface area contributed by atoms with Gasteiger partial charge < -0.3 is 14.4 Å². The van der Waals surface area contributed by atoms with E-state index in [1.54, 1.807) is 4.90 Å². The molecule has 0 unspecified atom stereocenters. The number of halogens is 1. The minimum atomic E-state index is -3.64. The lowest BCUT2D eigenvalue weighted by Gasteiger charge is -2.13. The molecule has 0 saturated carbocycles. The normalized spacial score (nSPS) is 15.0. The van der Waals surface area contributed by atoms with E-state index in [0.29, 0.717) is 31.9 Å². The Morgan fingerprint density at radius 2 is 2.23 bits per heavy atom. The van der Waals surface area contributed by atoms with E-state index >= 15 is 0 Å². The first-order chi connectivity index (χ1) is 10.4. The van der Waals surface area contributed by atoms with E-state index < -0.39 is 10.0 Å². The highest BCUT2D eigenvalue weighted by atomic mass is 35.5. The smallest absolute Gasteiger partial charge is 0.409 e. The third-order valence-corrected chi connectivity index (χ3v) is 4.93. The van der Waals surface area contributed by atoms with Crippen molar-refractivity contribution in [2.45, 2.75) is 11.3 Å². The number of ether oxygens (including phenoxy) is 2. The first kappa shape index (κ1) is 16.9. The Labute approximate surface area is 134 Å². The quantitative estimate of drug-likeness (QED) is 0.754. The van der Waals surface area contributed by atoms with Crippen LogP contribution in [0.5, 0.6) is 5.75 Å². The van der Waals surface area contributed by atoms with Crippen LogP contribution in [0.2, 0.25) is 5.02 Å². The molecule has 122 valence electrons. The second-order valence-electron chi connectivity index (χ2n) is 4.65. The van der Waals surface area contributed by atoms with Gasteiger partial charge in [-0.2, -0.15) is 0 Å². The number of cyclic esters (lactones) is 1. The summed E-state index contributed by atoms with van der Waals surface area (Å²) in [6.07, 6.45) is 0.142. The Bertz CT molecular complexity index is 650. The number of hydrogen-bond acceptors (Lipinski definition) is 5. The number of amides is 1. The average Bonchev–Trinajstić information content (AvgIpc) is 2.89. The third-order valence-electron chi connectivity index (χ3n) is 3.18. The molecule has 0 atom stereocenters. The predicted molar refractivity (Wildman–Crippen MR) is 80.7 cm³/mol. The molecule has 1 N–H and O–H groups in total. The molecule has 0 aliphatic carbocycles. The van der Waals surface area contributed by atoms with Gasteiger partial charge in [0, 0.05) is 13.1 Å². The fourth-order valence-electron chi connectivity index (χ4n) is 2.00. The largest absolute Gasteiger partial charge is 0.495 e. The van der Waals surface area contributed by atoms with Crippen molar-refractivity contribution in [2.24, 2.45) is 0 Å². The van der Waals surface area contributed by atoms with Gasteiger partial charge in [-0.25, -0.2) is 17.9 Å². The molecule has 1 heterocycles. The molecule has 1 aromatic carbocycles. The van der Waals surface area contributed by atoms with Crippen LogP contribution in [0.1, 0.15) is 6.42 Å². The predicted octanol–water partition coefficient (Wildman–Crippen LogP) is 1.47. The van der Waals surface area contributed by atoms with E-state index in [-0.39, 0.29) is 22.6 Å². The molecule has 1 amide bonds. The molecule has 9 heteroatoms. The summed E-state index contributed by atoms with van der Waals surface area (Å²) < 4.78 is 36.5. The number of nitrogens with one attached hydrogen (secondary N) is 1. The summed E-state index contributed by atoms with van der Waals surface area (Å²) in [5, 5.41) is 0.227. The molecule has 7 nitrogen and oxygen atoms in total. The van der Waals surface area contributed by atoms with E-state index in [9.17, 15) is 13.2 Å². The van der Waals surface area contributed by atoms with Gasteiger partial charge in [0.1, 0.15) is 12.4 Å². The minimum Gasteiger partial charge on any atom is -0.495 e. The Hall–Kier alpha value is -1.51. The second-order valence-corrected chi connectivity index (χ2v) is 6.82. The molecule has 1 aliphatic rings. The zero-order valence-electron chi connectivity index (χ0n) is 12.0. The lowest BCUT2D eigenvalue weighted by atomic mass is 10.3. The third kappa shape index (κ3) is 4.02. The van der Waals surface area contributed by atoms with Crippen molar-refractivity contribution in [1.29, 1.82) is 0 Å². The standard InChI is InChI=1S/C13H17ClN2O5S/c1-20-12-4-3-10(9-11(12)14)22(18,19)15-5-2-6-16-7-8-21-13(16)17/h3-4,9,15H,2,5-8H2,1H3. The summed E-state index contributed by atoms with van der Waals surface area (Å²) in [7, 11) is -2.19. The number of methoxy groups -OCH3 is 1. The van der Waals surface area contributed by atoms with Gasteiger partial charge in [-0.1, -0.05) is 11.6 Å². The van der Waals surface area contributed by atoms with Crippen LogP contribution >= 0.6 is 11.6 Å². The molecule has 0 bridgehead atoms. The van der Waals surface area contributed by atoms with Gasteiger partial charge in [-0.3, -0.25) is 0 Å². The van der Waals surface area contributed by atoms with Gasteiger partial charge in [0.05, 0.1) is 23.6 Å². The van der Waals surface area contributed by atoms with Crippen LogP contribution in [0.25, 0.3) is 0 Å². The molecule has 2 rings (SSSR count). The number of sulfonamides is 1. The average molecular weight is 349 g/mol. The maximum absolute atomic E-state index is 12.1. The van der Waals surface area contributed by atoms with Gasteiger partial charge in [-0.15, -0.1) is 0 Å². The summed E-state index contributed by atoms with van der Waals surface area (Å²) in [4.78, 5) is 12.8. The summed E-state index contributed by atoms with van der Waals surface area (Å²) in [6, 6.07) is 4.25. The SMILES string of the molecule is COc1ccc(S(=O)(=O)NCCCN2CCOC2=O)cc1Cl. The molecule has 1 fully saturated rings. The summed E-state index contributed by atoms with van der Waals surface area (Å²) in [6.45, 7) is 1.59. The minimum absolute atomic E-state index is 0.0684. The van der Waals surface area contributed by atoms with E-state index in [4.69, 9.17) is 21.1 Å². The molecule has 1 aromatic rings. The van der Waals surface area contributed by atoms with Crippen molar-refractivity contribution in [3.63, 3.8) is 0 Å². The van der Waals surface area contributed by atoms with Crippen molar-refractivity contribution < 1.29 is 22.7 Å². The van der Waals surface area contributed by atoms with Crippen molar-refractivity contribution in [3.05, 3.63) is 23.2 Å². The highest BCUT2D eigenvalue weighted by molar-refractivity contribution is 7.89. The Morgan fingerprint density at radius 1 is 1.45 bits per heavy atom. The molecular formula is C13H17ClN2O5S. The monoisotopic (exact) mass is 348 g/mol. The number of carbonyl (C=O) groups is 1. The maximum atomic E-state index is 12.1. The molecule has 1 saturated heterocycles. The van der Waals surface area contributed by atoms with Crippen LogP contribution in [0.3, 0.4) is 0 Å². The van der Waals surface area contributed by atoms with Crippen LogP contribution in [0.4, 0.5) is 4.79 Å². The number of rotatable bonds is 7. The molecule has 22 heavy (non-hydrogen) atoms. The highest BCUT2D eigenvalue weighted by Gasteiger charge is 2.21. The molecule has 0 spiro atoms. The van der Waals surface area contributed by atoms with Gasteiger partial charge in [-0.05, 0) is 24.6 Å². The van der Waals surface area contributed by atoms with Crippen molar-refractivity contribution in [1.82, 2.24) is 9.62 Å². The molecular weight excluding hydrogens is 332 g/mol. The van der Waals surface area contributed by atoms with Crippen LogP contribution in [-0.2, 0) is 14.8 Å². The van der Waals surface area contributed by atoms with Crippen molar-refractivity contribution in [2.75, 3.05) is 33.4 Å². The van der Waals surface area contributed by atoms with Crippen molar-refractivity contribution in [3.8, 4) is 5.75 Å². The zero-order valence-corrected chi connectivity index (χ0v) is 13.6. The Morgan fingerprint density at radius 3 is 2.82 bits per heavy atom. The lowest BCUT2D eigenvalue weighted by molar-refractivity contribution is 0.158. The van der Waals surface area contributed by atoms with E-state index in [0.717, 1.165) is 0 Å². The second kappa shape index (κ2) is 7.17. The highest BCUT2D eigenvalue weighted by Crippen LogP contribution is 2.26. The molecule has 0 radical (unpaired) electrons. The number of hydrogen-bond donors (Lipinski definition) is 1. The number of carbonyl (C=O) groups excluding carboxylic acids is 1. The van der Waals surface area contributed by atoms with Crippen LogP contribution in [0, 0.1) is 0 Å². The first-order valence-corrected chi connectivity index (χ1v) is 8.55. The summed E-state index contributed by atoms with van der Waals surface area (Å²) in [5.41, 5.74) is 0. The van der Waals surface area contributed by atoms with E-state index in [1.807, 2.05) is 0 Å². The van der Waals surface area contributed by atoms with Crippen molar-refractivity contribution >= 4 is 27.7 Å². The van der Waals surface area contributed by atoms with Gasteiger partial charge in [0.15, 0.2) is 0 Å². The van der Waals surface area contributed by atoms with Crippen LogP contribution in [0.15, 0.2) is 23.1 Å². The summed E-state index contributed by atoms with van der Waals surface area (Å²) >= 11 is 5.92. The summed E-state index contributed by atoms with van der Waals surface area (Å²) in [5.74, 6) is 0.410. The number of benzene rings is 1. The Balaban J connectivity index is 1.88. The molecule has 0 aromatic heterocycles.